The number of hydrogen-bond donors (Lipinski definition) is 1. The van der Waals surface area contributed by atoms with Crippen molar-refractivity contribution in [2.24, 2.45) is 0 Å². The number of imide groups is 1. The predicted molar refractivity (Wildman–Crippen MR) is 122 cm³/mol. The quantitative estimate of drug-likeness (QED) is 0.639. The second-order valence-corrected chi connectivity index (χ2v) is 9.40. The zero-order valence-electron chi connectivity index (χ0n) is 19.3. The largest absolute Gasteiger partial charge is 0.492 e. The minimum absolute atomic E-state index is 0.131. The number of amides is 3. The molecule has 0 spiro atoms. The number of rotatable bonds is 6. The van der Waals surface area contributed by atoms with Crippen molar-refractivity contribution in [2.75, 3.05) is 13.2 Å². The van der Waals surface area contributed by atoms with Crippen LogP contribution in [0.1, 0.15) is 53.6 Å². The predicted octanol–water partition coefficient (Wildman–Crippen LogP) is 3.16. The van der Waals surface area contributed by atoms with Crippen LogP contribution in [0, 0.1) is 11.6 Å². The molecule has 7 nitrogen and oxygen atoms in total. The highest BCUT2D eigenvalue weighted by molar-refractivity contribution is 6.05. The van der Waals surface area contributed by atoms with E-state index in [0.717, 1.165) is 43.0 Å². The Balaban J connectivity index is 1.23. The zero-order chi connectivity index (χ0) is 24.5. The first-order chi connectivity index (χ1) is 16.9. The lowest BCUT2D eigenvalue weighted by Gasteiger charge is -2.35. The third-order valence-corrected chi connectivity index (χ3v) is 7.06. The van der Waals surface area contributed by atoms with Gasteiger partial charge in [0.15, 0.2) is 11.6 Å². The second-order valence-electron chi connectivity index (χ2n) is 9.40. The first-order valence-corrected chi connectivity index (χ1v) is 12.0. The number of hydrogen-bond acceptors (Lipinski definition) is 5. The zero-order valence-corrected chi connectivity index (χ0v) is 19.3. The standard InChI is InChI=1S/C26H27F2N3O4/c27-21-7-4-16(11-22(21)28)13-30-10-2-1-3-18(30)15-35-19-5-6-20-17(12-19)14-31(26(20)34)23-8-9-24(32)29-25(23)33/h4-7,11-12,18,23H,1-3,8-10,13-15H2,(H,29,32,33)/t18-,23?/m1/s1. The summed E-state index contributed by atoms with van der Waals surface area (Å²) in [6.07, 6.45) is 3.59. The van der Waals surface area contributed by atoms with Crippen LogP contribution in [0.2, 0.25) is 0 Å². The number of fused-ring (bicyclic) bond motifs is 1. The molecular weight excluding hydrogens is 456 g/mol. The Morgan fingerprint density at radius 1 is 1.00 bits per heavy atom. The Hall–Kier alpha value is -3.33. The lowest BCUT2D eigenvalue weighted by atomic mass is 10.0. The Morgan fingerprint density at radius 2 is 1.86 bits per heavy atom. The number of carbonyl (C=O) groups excluding carboxylic acids is 3. The van der Waals surface area contributed by atoms with Crippen LogP contribution in [0.3, 0.4) is 0 Å². The van der Waals surface area contributed by atoms with Gasteiger partial charge >= 0.3 is 0 Å². The molecule has 35 heavy (non-hydrogen) atoms. The molecule has 2 atom stereocenters. The molecule has 0 saturated carbocycles. The van der Waals surface area contributed by atoms with Crippen LogP contribution in [0.15, 0.2) is 36.4 Å². The number of ether oxygens (including phenoxy) is 1. The van der Waals surface area contributed by atoms with Gasteiger partial charge in [-0.15, -0.1) is 0 Å². The number of nitrogens with zero attached hydrogens (tertiary/aromatic N) is 2. The van der Waals surface area contributed by atoms with Crippen LogP contribution < -0.4 is 10.1 Å². The molecule has 0 radical (unpaired) electrons. The number of halogens is 2. The summed E-state index contributed by atoms with van der Waals surface area (Å²) in [4.78, 5) is 40.3. The third-order valence-electron chi connectivity index (χ3n) is 7.06. The highest BCUT2D eigenvalue weighted by Gasteiger charge is 2.39. The van der Waals surface area contributed by atoms with Crippen molar-refractivity contribution in [3.8, 4) is 5.75 Å². The number of nitrogens with one attached hydrogen (secondary N) is 1. The van der Waals surface area contributed by atoms with E-state index in [4.69, 9.17) is 4.74 Å². The fourth-order valence-corrected chi connectivity index (χ4v) is 5.16. The molecule has 1 N–H and O–H groups in total. The summed E-state index contributed by atoms with van der Waals surface area (Å²) in [5.41, 5.74) is 2.06. The number of benzene rings is 2. The summed E-state index contributed by atoms with van der Waals surface area (Å²) in [5.74, 6) is -2.01. The van der Waals surface area contributed by atoms with Gasteiger partial charge in [0, 0.05) is 31.1 Å². The molecule has 2 saturated heterocycles. The lowest BCUT2D eigenvalue weighted by Crippen LogP contribution is -2.52. The minimum atomic E-state index is -0.849. The highest BCUT2D eigenvalue weighted by Crippen LogP contribution is 2.30. The van der Waals surface area contributed by atoms with E-state index in [9.17, 15) is 23.2 Å². The molecule has 2 aromatic rings. The van der Waals surface area contributed by atoms with E-state index in [0.29, 0.717) is 37.4 Å². The molecule has 3 aliphatic rings. The monoisotopic (exact) mass is 483 g/mol. The summed E-state index contributed by atoms with van der Waals surface area (Å²) in [6, 6.07) is 8.80. The summed E-state index contributed by atoms with van der Waals surface area (Å²) in [5, 5.41) is 2.31. The Morgan fingerprint density at radius 3 is 2.66 bits per heavy atom. The van der Waals surface area contributed by atoms with Crippen LogP contribution in [-0.4, -0.2) is 52.8 Å². The van der Waals surface area contributed by atoms with Crippen molar-refractivity contribution in [2.45, 2.75) is 57.3 Å². The van der Waals surface area contributed by atoms with Gasteiger partial charge in [-0.25, -0.2) is 8.78 Å². The molecule has 2 fully saturated rings. The average Bonchev–Trinajstić information content (AvgIpc) is 3.16. The molecule has 5 rings (SSSR count). The van der Waals surface area contributed by atoms with E-state index in [2.05, 4.69) is 10.2 Å². The van der Waals surface area contributed by atoms with E-state index in [1.807, 2.05) is 6.07 Å². The fraction of sp³-hybridized carbons (Fsp3) is 0.423. The summed E-state index contributed by atoms with van der Waals surface area (Å²) < 4.78 is 33.0. The van der Waals surface area contributed by atoms with Crippen LogP contribution in [0.5, 0.6) is 5.75 Å². The molecule has 9 heteroatoms. The van der Waals surface area contributed by atoms with Crippen molar-refractivity contribution in [3.63, 3.8) is 0 Å². The van der Waals surface area contributed by atoms with E-state index < -0.39 is 23.6 Å². The Bertz CT molecular complexity index is 1170. The molecule has 3 amide bonds. The smallest absolute Gasteiger partial charge is 0.255 e. The highest BCUT2D eigenvalue weighted by atomic mass is 19.2. The molecule has 0 aromatic heterocycles. The van der Waals surface area contributed by atoms with Crippen LogP contribution in [0.25, 0.3) is 0 Å². The van der Waals surface area contributed by atoms with Gasteiger partial charge < -0.3 is 9.64 Å². The van der Waals surface area contributed by atoms with Gasteiger partial charge in [-0.2, -0.15) is 0 Å². The molecule has 0 aliphatic carbocycles. The van der Waals surface area contributed by atoms with Gasteiger partial charge in [0.05, 0.1) is 0 Å². The van der Waals surface area contributed by atoms with E-state index in [-0.39, 0.29) is 24.3 Å². The second kappa shape index (κ2) is 9.73. The topological polar surface area (TPSA) is 79.0 Å². The van der Waals surface area contributed by atoms with Crippen molar-refractivity contribution < 1.29 is 27.9 Å². The molecule has 0 bridgehead atoms. The maximum absolute atomic E-state index is 13.6. The first kappa shape index (κ1) is 23.4. The van der Waals surface area contributed by atoms with Gasteiger partial charge in [-0.3, -0.25) is 24.6 Å². The molecule has 1 unspecified atom stereocenters. The van der Waals surface area contributed by atoms with E-state index in [1.165, 1.54) is 11.0 Å². The molecule has 3 heterocycles. The first-order valence-electron chi connectivity index (χ1n) is 12.0. The fourth-order valence-electron chi connectivity index (χ4n) is 5.16. The molecule has 2 aromatic carbocycles. The maximum Gasteiger partial charge on any atom is 0.255 e. The van der Waals surface area contributed by atoms with Crippen LogP contribution in [-0.2, 0) is 22.7 Å². The van der Waals surface area contributed by atoms with Gasteiger partial charge in [0.1, 0.15) is 18.4 Å². The summed E-state index contributed by atoms with van der Waals surface area (Å²) in [7, 11) is 0. The van der Waals surface area contributed by atoms with Crippen LogP contribution >= 0.6 is 0 Å². The minimum Gasteiger partial charge on any atom is -0.492 e. The van der Waals surface area contributed by atoms with Crippen molar-refractivity contribution in [3.05, 3.63) is 64.7 Å². The van der Waals surface area contributed by atoms with Gasteiger partial charge in [0.2, 0.25) is 11.8 Å². The van der Waals surface area contributed by atoms with Gasteiger partial charge in [0.25, 0.3) is 5.91 Å². The average molecular weight is 484 g/mol. The van der Waals surface area contributed by atoms with Crippen molar-refractivity contribution >= 4 is 17.7 Å². The summed E-state index contributed by atoms with van der Waals surface area (Å²) in [6.45, 7) is 2.11. The van der Waals surface area contributed by atoms with Gasteiger partial charge in [-0.05, 0) is 67.3 Å². The summed E-state index contributed by atoms with van der Waals surface area (Å²) >= 11 is 0. The SMILES string of the molecule is O=C1CCC(N2Cc3cc(OC[C@H]4CCCCN4Cc4ccc(F)c(F)c4)ccc3C2=O)C(=O)N1. The number of carbonyl (C=O) groups is 3. The maximum atomic E-state index is 13.6. The normalized spacial score (nSPS) is 22.8. The Kier molecular flexibility index (Phi) is 6.51. The molecule has 3 aliphatic heterocycles. The van der Waals surface area contributed by atoms with Crippen molar-refractivity contribution in [1.82, 2.24) is 15.1 Å². The Labute approximate surface area is 202 Å². The number of likely N-dealkylation sites (tertiary alicyclic amines) is 1. The van der Waals surface area contributed by atoms with E-state index >= 15 is 0 Å². The molecular formula is C26H27F2N3O4. The van der Waals surface area contributed by atoms with Crippen LogP contribution in [0.4, 0.5) is 8.78 Å². The third kappa shape index (κ3) is 4.91. The van der Waals surface area contributed by atoms with Gasteiger partial charge in [-0.1, -0.05) is 12.5 Å². The van der Waals surface area contributed by atoms with E-state index in [1.54, 1.807) is 18.2 Å². The van der Waals surface area contributed by atoms with Crippen molar-refractivity contribution in [1.29, 1.82) is 0 Å². The lowest BCUT2D eigenvalue weighted by molar-refractivity contribution is -0.136. The molecule has 184 valence electrons. The number of piperidine rings is 2.